The van der Waals surface area contributed by atoms with Crippen LogP contribution in [0.3, 0.4) is 0 Å². The third kappa shape index (κ3) is 2.50. The van der Waals surface area contributed by atoms with Crippen molar-refractivity contribution in [1.29, 1.82) is 0 Å². The summed E-state index contributed by atoms with van der Waals surface area (Å²) in [4.78, 5) is 13.4. The second kappa shape index (κ2) is 5.81. The van der Waals surface area contributed by atoms with E-state index in [1.807, 2.05) is 30.3 Å². The molecule has 1 aliphatic rings. The topological polar surface area (TPSA) is 77.8 Å². The molecule has 0 saturated heterocycles. The molecule has 3 aromatic heterocycles. The van der Waals surface area contributed by atoms with Crippen LogP contribution < -0.4 is 0 Å². The number of para-hydroxylation sites is 1. The van der Waals surface area contributed by atoms with Crippen molar-refractivity contribution in [2.45, 2.75) is 31.6 Å². The van der Waals surface area contributed by atoms with Crippen molar-refractivity contribution in [3.63, 3.8) is 0 Å². The fraction of sp³-hybridized carbons (Fsp3) is 0.263. The Hall–Kier alpha value is -3.02. The summed E-state index contributed by atoms with van der Waals surface area (Å²) in [5.74, 6) is 2.10. The Morgan fingerprint density at radius 2 is 1.88 bits per heavy atom. The highest BCUT2D eigenvalue weighted by Crippen LogP contribution is 2.35. The van der Waals surface area contributed by atoms with Crippen LogP contribution in [0.2, 0.25) is 0 Å². The lowest BCUT2D eigenvalue weighted by Gasteiger charge is -2.00. The van der Waals surface area contributed by atoms with E-state index in [2.05, 4.69) is 20.1 Å². The Labute approximate surface area is 143 Å². The van der Waals surface area contributed by atoms with Crippen LogP contribution in [0, 0.1) is 0 Å². The largest absolute Gasteiger partial charge is 0.448 e. The van der Waals surface area contributed by atoms with E-state index in [0.717, 1.165) is 35.2 Å². The molecule has 0 aliphatic heterocycles. The molecule has 6 nitrogen and oxygen atoms in total. The first-order chi connectivity index (χ1) is 12.4. The minimum Gasteiger partial charge on any atom is -0.448 e. The fourth-order valence-electron chi connectivity index (χ4n) is 3.47. The second-order valence-corrected chi connectivity index (χ2v) is 6.35. The van der Waals surface area contributed by atoms with Crippen molar-refractivity contribution in [1.82, 2.24) is 20.1 Å². The zero-order valence-electron chi connectivity index (χ0n) is 13.6. The van der Waals surface area contributed by atoms with Gasteiger partial charge in [0.1, 0.15) is 6.26 Å². The Bertz CT molecular complexity index is 1030. The van der Waals surface area contributed by atoms with E-state index in [1.54, 1.807) is 12.5 Å². The molecule has 25 heavy (non-hydrogen) atoms. The van der Waals surface area contributed by atoms with E-state index >= 15 is 0 Å². The van der Waals surface area contributed by atoms with Gasteiger partial charge in [0.15, 0.2) is 11.6 Å². The van der Waals surface area contributed by atoms with Gasteiger partial charge in [0, 0.05) is 23.1 Å². The average molecular weight is 332 g/mol. The Morgan fingerprint density at radius 1 is 1.00 bits per heavy atom. The molecule has 1 aromatic carbocycles. The third-order valence-electron chi connectivity index (χ3n) is 4.76. The van der Waals surface area contributed by atoms with Crippen LogP contribution >= 0.6 is 0 Å². The summed E-state index contributed by atoms with van der Waals surface area (Å²) in [7, 11) is 0. The van der Waals surface area contributed by atoms with Crippen molar-refractivity contribution in [2.24, 2.45) is 0 Å². The van der Waals surface area contributed by atoms with Gasteiger partial charge >= 0.3 is 0 Å². The number of rotatable bonds is 3. The molecule has 0 N–H and O–H groups in total. The Kier molecular flexibility index (Phi) is 3.33. The normalized spacial score (nSPS) is 15.2. The molecule has 1 saturated carbocycles. The lowest BCUT2D eigenvalue weighted by Crippen LogP contribution is -1.92. The summed E-state index contributed by atoms with van der Waals surface area (Å²) in [5, 5.41) is 5.11. The molecule has 0 radical (unpaired) electrons. The van der Waals surface area contributed by atoms with Gasteiger partial charge in [-0.05, 0) is 25.0 Å². The Balaban J connectivity index is 1.51. The van der Waals surface area contributed by atoms with E-state index in [9.17, 15) is 0 Å². The van der Waals surface area contributed by atoms with Gasteiger partial charge in [0.25, 0.3) is 5.89 Å². The maximum absolute atomic E-state index is 5.64. The lowest BCUT2D eigenvalue weighted by molar-refractivity contribution is 0.430. The van der Waals surface area contributed by atoms with Gasteiger partial charge in [-0.15, -0.1) is 0 Å². The lowest BCUT2D eigenvalue weighted by atomic mass is 10.1. The summed E-state index contributed by atoms with van der Waals surface area (Å²) in [6.07, 6.45) is 8.11. The monoisotopic (exact) mass is 332 g/mol. The number of aromatic nitrogens is 4. The molecule has 0 atom stereocenters. The molecular weight excluding hydrogens is 316 g/mol. The molecule has 6 heteroatoms. The van der Waals surface area contributed by atoms with Crippen molar-refractivity contribution in [2.75, 3.05) is 0 Å². The smallest absolute Gasteiger partial charge is 0.280 e. The minimum atomic E-state index is 0.379. The highest BCUT2D eigenvalue weighted by molar-refractivity contribution is 5.92. The average Bonchev–Trinajstić information content (AvgIpc) is 3.41. The van der Waals surface area contributed by atoms with Crippen LogP contribution in [0.15, 0.2) is 51.7 Å². The number of fused-ring (bicyclic) bond motifs is 1. The van der Waals surface area contributed by atoms with Crippen molar-refractivity contribution >= 4 is 10.9 Å². The van der Waals surface area contributed by atoms with Crippen LogP contribution in [0.5, 0.6) is 0 Å². The summed E-state index contributed by atoms with van der Waals surface area (Å²) in [5.41, 5.74) is 2.38. The number of benzene rings is 1. The summed E-state index contributed by atoms with van der Waals surface area (Å²) < 4.78 is 11.1. The first-order valence-electron chi connectivity index (χ1n) is 8.52. The third-order valence-corrected chi connectivity index (χ3v) is 4.76. The van der Waals surface area contributed by atoms with Gasteiger partial charge < -0.3 is 8.94 Å². The molecule has 124 valence electrons. The van der Waals surface area contributed by atoms with Crippen molar-refractivity contribution in [3.05, 3.63) is 48.7 Å². The molecule has 5 rings (SSSR count). The number of pyridine rings is 1. The second-order valence-electron chi connectivity index (χ2n) is 6.35. The summed E-state index contributed by atoms with van der Waals surface area (Å²) in [6.45, 7) is 0. The molecular formula is C19H16N4O2. The number of hydrogen-bond acceptors (Lipinski definition) is 6. The van der Waals surface area contributed by atoms with E-state index < -0.39 is 0 Å². The Morgan fingerprint density at radius 3 is 2.80 bits per heavy atom. The van der Waals surface area contributed by atoms with Crippen molar-refractivity contribution in [3.8, 4) is 23.0 Å². The van der Waals surface area contributed by atoms with Gasteiger partial charge in [-0.1, -0.05) is 36.2 Å². The predicted molar refractivity (Wildman–Crippen MR) is 91.7 cm³/mol. The van der Waals surface area contributed by atoms with Gasteiger partial charge in [0.05, 0.1) is 5.52 Å². The standard InChI is InChI=1S/C19H16N4O2/c1-2-6-12(5-1)18-21-16(11-24-18)19-22-17(23-25-19)14-9-10-20-15-8-4-3-7-13(14)15/h3-4,7-12H,1-2,5-6H2. The first kappa shape index (κ1) is 14.3. The molecule has 1 fully saturated rings. The van der Waals surface area contributed by atoms with Crippen LogP contribution in [-0.4, -0.2) is 20.1 Å². The zero-order valence-corrected chi connectivity index (χ0v) is 13.6. The number of nitrogens with zero attached hydrogens (tertiary/aromatic N) is 4. The number of oxazole rings is 1. The van der Waals surface area contributed by atoms with Crippen LogP contribution in [0.4, 0.5) is 0 Å². The number of hydrogen-bond donors (Lipinski definition) is 0. The van der Waals surface area contributed by atoms with Crippen LogP contribution in [0.25, 0.3) is 33.9 Å². The molecule has 1 aliphatic carbocycles. The molecule has 0 amide bonds. The van der Waals surface area contributed by atoms with E-state index in [0.29, 0.717) is 23.3 Å². The summed E-state index contributed by atoms with van der Waals surface area (Å²) in [6, 6.07) is 9.79. The molecule has 0 bridgehead atoms. The predicted octanol–water partition coefficient (Wildman–Crippen LogP) is 4.60. The van der Waals surface area contributed by atoms with Crippen LogP contribution in [0.1, 0.15) is 37.5 Å². The summed E-state index contributed by atoms with van der Waals surface area (Å²) >= 11 is 0. The highest BCUT2D eigenvalue weighted by atomic mass is 16.5. The van der Waals surface area contributed by atoms with Gasteiger partial charge in [-0.3, -0.25) is 4.98 Å². The maximum Gasteiger partial charge on any atom is 0.280 e. The fourth-order valence-corrected chi connectivity index (χ4v) is 3.47. The van der Waals surface area contributed by atoms with Gasteiger partial charge in [0.2, 0.25) is 5.82 Å². The zero-order chi connectivity index (χ0) is 16.6. The highest BCUT2D eigenvalue weighted by Gasteiger charge is 2.23. The van der Waals surface area contributed by atoms with E-state index in [4.69, 9.17) is 8.94 Å². The minimum absolute atomic E-state index is 0.379. The van der Waals surface area contributed by atoms with Crippen molar-refractivity contribution < 1.29 is 8.94 Å². The molecule has 0 spiro atoms. The van der Waals surface area contributed by atoms with Crippen LogP contribution in [-0.2, 0) is 0 Å². The van der Waals surface area contributed by atoms with Gasteiger partial charge in [-0.25, -0.2) is 4.98 Å². The molecule has 3 heterocycles. The SMILES string of the molecule is c1ccc2c(-c3noc(-c4coc(C5CCCC5)n4)n3)ccnc2c1. The van der Waals surface area contributed by atoms with E-state index in [-0.39, 0.29) is 0 Å². The first-order valence-corrected chi connectivity index (χ1v) is 8.52. The van der Waals surface area contributed by atoms with E-state index in [1.165, 1.54) is 12.8 Å². The molecule has 4 aromatic rings. The quantitative estimate of drug-likeness (QED) is 0.546. The maximum atomic E-state index is 5.64. The van der Waals surface area contributed by atoms with Gasteiger partial charge in [-0.2, -0.15) is 4.98 Å². The molecule has 0 unspecified atom stereocenters.